The zero-order valence-corrected chi connectivity index (χ0v) is 12.2. The average molecular weight is 322 g/mol. The summed E-state index contributed by atoms with van der Waals surface area (Å²) in [7, 11) is 0. The summed E-state index contributed by atoms with van der Waals surface area (Å²) in [6.45, 7) is 2.05. The van der Waals surface area contributed by atoms with Crippen LogP contribution in [0.5, 0.6) is 0 Å². The molecule has 0 bridgehead atoms. The molecule has 0 saturated heterocycles. The van der Waals surface area contributed by atoms with Crippen LogP contribution in [0.2, 0.25) is 0 Å². The van der Waals surface area contributed by atoms with Crippen LogP contribution in [-0.2, 0) is 0 Å². The lowest BCUT2D eigenvalue weighted by molar-refractivity contribution is 1.31. The largest absolute Gasteiger partial charge is 0.332 e. The zero-order chi connectivity index (χ0) is 13.0. The van der Waals surface area contributed by atoms with Gasteiger partial charge in [-0.05, 0) is 59.3 Å². The Bertz CT molecular complexity index is 488. The van der Waals surface area contributed by atoms with E-state index in [9.17, 15) is 0 Å². The third-order valence-electron chi connectivity index (χ3n) is 2.28. The average Bonchev–Trinajstić information content (AvgIpc) is 2.35. The fraction of sp³-hybridized carbons (Fsp3) is 0.0769. The van der Waals surface area contributed by atoms with Crippen LogP contribution in [0.4, 0.5) is 11.5 Å². The van der Waals surface area contributed by atoms with Crippen molar-refractivity contribution >= 4 is 44.8 Å². The highest BCUT2D eigenvalue weighted by atomic mass is 79.9. The Balaban J connectivity index is 1.96. The summed E-state index contributed by atoms with van der Waals surface area (Å²) in [5, 5.41) is 6.64. The number of pyridine rings is 1. The number of thiocarbonyl (C=S) groups is 1. The van der Waals surface area contributed by atoms with E-state index in [0.717, 1.165) is 10.2 Å². The Morgan fingerprint density at radius 1 is 1.11 bits per heavy atom. The Kier molecular flexibility index (Phi) is 4.28. The molecule has 0 spiro atoms. The molecule has 0 fully saturated rings. The molecule has 2 aromatic rings. The summed E-state index contributed by atoms with van der Waals surface area (Å²) in [4.78, 5) is 4.19. The third kappa shape index (κ3) is 3.78. The Hall–Kier alpha value is -1.46. The maximum absolute atomic E-state index is 5.21. The van der Waals surface area contributed by atoms with Gasteiger partial charge in [0.15, 0.2) is 5.11 Å². The minimum atomic E-state index is 0.522. The van der Waals surface area contributed by atoms with E-state index in [0.29, 0.717) is 10.9 Å². The molecule has 2 rings (SSSR count). The molecule has 0 saturated carbocycles. The molecule has 92 valence electrons. The van der Waals surface area contributed by atoms with Crippen LogP contribution in [0.3, 0.4) is 0 Å². The van der Waals surface area contributed by atoms with Crippen molar-refractivity contribution in [3.05, 3.63) is 52.6 Å². The van der Waals surface area contributed by atoms with Crippen molar-refractivity contribution in [3.8, 4) is 0 Å². The zero-order valence-electron chi connectivity index (χ0n) is 9.77. The van der Waals surface area contributed by atoms with E-state index in [1.54, 1.807) is 6.20 Å². The number of hydrogen-bond acceptors (Lipinski definition) is 2. The number of aryl methyl sites for hydroxylation is 1. The number of anilines is 2. The maximum atomic E-state index is 5.21. The van der Waals surface area contributed by atoms with Crippen molar-refractivity contribution in [3.63, 3.8) is 0 Å². The lowest BCUT2D eigenvalue weighted by Gasteiger charge is -2.10. The summed E-state index contributed by atoms with van der Waals surface area (Å²) in [5.41, 5.74) is 2.17. The van der Waals surface area contributed by atoms with Gasteiger partial charge in [0.2, 0.25) is 0 Å². The predicted octanol–water partition coefficient (Wildman–Crippen LogP) is 3.96. The molecule has 18 heavy (non-hydrogen) atoms. The number of nitrogens with zero attached hydrogens (tertiary/aromatic N) is 1. The van der Waals surface area contributed by atoms with Crippen molar-refractivity contribution in [2.75, 3.05) is 10.6 Å². The van der Waals surface area contributed by atoms with Gasteiger partial charge in [-0.1, -0.05) is 17.7 Å². The van der Waals surface area contributed by atoms with E-state index < -0.39 is 0 Å². The molecule has 0 amide bonds. The van der Waals surface area contributed by atoms with Gasteiger partial charge in [0, 0.05) is 16.4 Å². The molecule has 3 nitrogen and oxygen atoms in total. The molecule has 5 heteroatoms. The van der Waals surface area contributed by atoms with Crippen LogP contribution in [0.25, 0.3) is 0 Å². The van der Waals surface area contributed by atoms with Gasteiger partial charge in [-0.25, -0.2) is 4.98 Å². The Morgan fingerprint density at radius 2 is 1.83 bits per heavy atom. The van der Waals surface area contributed by atoms with Gasteiger partial charge in [0.1, 0.15) is 5.82 Å². The van der Waals surface area contributed by atoms with E-state index in [1.807, 2.05) is 43.3 Å². The van der Waals surface area contributed by atoms with E-state index >= 15 is 0 Å². The highest BCUT2D eigenvalue weighted by Gasteiger charge is 1.99. The second-order valence-electron chi connectivity index (χ2n) is 3.81. The standard InChI is InChI=1S/C13H12BrN3S/c1-9-2-5-11(6-3-9)16-13(18)17-12-7-4-10(14)8-15-12/h2-8H,1H3,(H2,15,16,17,18). The first-order chi connectivity index (χ1) is 8.63. The Morgan fingerprint density at radius 3 is 2.44 bits per heavy atom. The first kappa shape index (κ1) is 13.0. The molecule has 0 atom stereocenters. The van der Waals surface area contributed by atoms with E-state index in [1.165, 1.54) is 5.56 Å². The molecule has 0 unspecified atom stereocenters. The van der Waals surface area contributed by atoms with Gasteiger partial charge < -0.3 is 10.6 Å². The fourth-order valence-electron chi connectivity index (χ4n) is 1.37. The molecule has 0 aliphatic heterocycles. The normalized spacial score (nSPS) is 9.89. The number of hydrogen-bond donors (Lipinski definition) is 2. The van der Waals surface area contributed by atoms with Gasteiger partial charge in [-0.15, -0.1) is 0 Å². The van der Waals surface area contributed by atoms with Crippen LogP contribution in [-0.4, -0.2) is 10.1 Å². The highest BCUT2D eigenvalue weighted by Crippen LogP contribution is 2.12. The van der Waals surface area contributed by atoms with Gasteiger partial charge in [-0.2, -0.15) is 0 Å². The summed E-state index contributed by atoms with van der Waals surface area (Å²) < 4.78 is 0.936. The summed E-state index contributed by atoms with van der Waals surface area (Å²) in [6, 6.07) is 11.8. The maximum Gasteiger partial charge on any atom is 0.176 e. The molecule has 0 radical (unpaired) electrons. The molecule has 0 aliphatic rings. The van der Waals surface area contributed by atoms with Crippen molar-refractivity contribution in [1.29, 1.82) is 0 Å². The van der Waals surface area contributed by atoms with Crippen molar-refractivity contribution in [1.82, 2.24) is 4.98 Å². The fourth-order valence-corrected chi connectivity index (χ4v) is 1.82. The number of nitrogens with one attached hydrogen (secondary N) is 2. The molecular formula is C13H12BrN3S. The van der Waals surface area contributed by atoms with E-state index in [2.05, 4.69) is 31.5 Å². The number of halogens is 1. The van der Waals surface area contributed by atoms with Gasteiger partial charge in [0.25, 0.3) is 0 Å². The molecular weight excluding hydrogens is 310 g/mol. The first-order valence-corrected chi connectivity index (χ1v) is 6.60. The number of rotatable bonds is 2. The number of aromatic nitrogens is 1. The highest BCUT2D eigenvalue weighted by molar-refractivity contribution is 9.10. The van der Waals surface area contributed by atoms with Crippen molar-refractivity contribution in [2.24, 2.45) is 0 Å². The first-order valence-electron chi connectivity index (χ1n) is 5.40. The summed E-state index contributed by atoms with van der Waals surface area (Å²) in [6.07, 6.45) is 1.72. The van der Waals surface area contributed by atoms with E-state index in [4.69, 9.17) is 12.2 Å². The smallest absolute Gasteiger partial charge is 0.176 e. The topological polar surface area (TPSA) is 37.0 Å². The molecule has 2 N–H and O–H groups in total. The van der Waals surface area contributed by atoms with Crippen LogP contribution in [0.1, 0.15) is 5.56 Å². The Labute approximate surface area is 120 Å². The second kappa shape index (κ2) is 5.93. The van der Waals surface area contributed by atoms with Crippen LogP contribution in [0, 0.1) is 6.92 Å². The SMILES string of the molecule is Cc1ccc(NC(=S)Nc2ccc(Br)cn2)cc1. The van der Waals surface area contributed by atoms with Crippen molar-refractivity contribution < 1.29 is 0 Å². The molecule has 0 aliphatic carbocycles. The van der Waals surface area contributed by atoms with Gasteiger partial charge in [0.05, 0.1) is 0 Å². The molecule has 1 aromatic carbocycles. The van der Waals surface area contributed by atoms with Crippen LogP contribution < -0.4 is 10.6 Å². The second-order valence-corrected chi connectivity index (χ2v) is 5.13. The molecule has 1 aromatic heterocycles. The van der Waals surface area contributed by atoms with Crippen molar-refractivity contribution in [2.45, 2.75) is 6.92 Å². The minimum absolute atomic E-state index is 0.522. The lowest BCUT2D eigenvalue weighted by Crippen LogP contribution is -2.19. The predicted molar refractivity (Wildman–Crippen MR) is 83.0 cm³/mol. The third-order valence-corrected chi connectivity index (χ3v) is 2.95. The monoisotopic (exact) mass is 321 g/mol. The minimum Gasteiger partial charge on any atom is -0.332 e. The van der Waals surface area contributed by atoms with E-state index in [-0.39, 0.29) is 0 Å². The quantitative estimate of drug-likeness (QED) is 0.821. The molecule has 1 heterocycles. The van der Waals surface area contributed by atoms with Gasteiger partial charge >= 0.3 is 0 Å². The summed E-state index contributed by atoms with van der Waals surface area (Å²) in [5.74, 6) is 0.711. The van der Waals surface area contributed by atoms with Gasteiger partial charge in [-0.3, -0.25) is 0 Å². The van der Waals surface area contributed by atoms with Crippen LogP contribution >= 0.6 is 28.1 Å². The van der Waals surface area contributed by atoms with Crippen LogP contribution in [0.15, 0.2) is 47.1 Å². The summed E-state index contributed by atoms with van der Waals surface area (Å²) >= 11 is 8.54. The lowest BCUT2D eigenvalue weighted by atomic mass is 10.2. The number of benzene rings is 1.